The van der Waals surface area contributed by atoms with E-state index in [-0.39, 0.29) is 6.15 Å². The maximum Gasteiger partial charge on any atom is 0.483 e. The minimum Gasteiger partial charge on any atom is -0.379 e. The van der Waals surface area contributed by atoms with Crippen molar-refractivity contribution >= 4 is 9.53 Å². The molecule has 0 fully saturated rings. The molecule has 0 aromatic rings. The van der Waals surface area contributed by atoms with Gasteiger partial charge in [-0.15, -0.1) is 0 Å². The maximum atomic E-state index is 4.74. The predicted octanol–water partition coefficient (Wildman–Crippen LogP) is -0.195. The lowest BCUT2D eigenvalue weighted by molar-refractivity contribution is 0.163. The van der Waals surface area contributed by atoms with Crippen LogP contribution >= 0.6 is 0 Å². The molecule has 0 aliphatic carbocycles. The summed E-state index contributed by atoms with van der Waals surface area (Å²) in [6.07, 6.45) is 0. The lowest BCUT2D eigenvalue weighted by atomic mass is 11.8. The Kier molecular flexibility index (Phi) is 9.65. The molecule has 8 heavy (non-hydrogen) atoms. The first-order valence-corrected chi connectivity index (χ1v) is 3.35. The van der Waals surface area contributed by atoms with Gasteiger partial charge in [-0.3, -0.25) is 0 Å². The van der Waals surface area contributed by atoms with Crippen LogP contribution in [0.15, 0.2) is 0 Å². The first-order valence-electron chi connectivity index (χ1n) is 1.93. The average Bonchev–Trinajstić information content (AvgIpc) is 1.72. The van der Waals surface area contributed by atoms with E-state index >= 15 is 0 Å². The molecule has 5 heteroatoms. The highest BCUT2D eigenvalue weighted by molar-refractivity contribution is 6.36. The van der Waals surface area contributed by atoms with E-state index in [1.165, 1.54) is 0 Å². The number of rotatable bonds is 3. The molecule has 0 saturated heterocycles. The Bertz CT molecular complexity index is 36.0. The maximum absolute atomic E-state index is 4.74. The summed E-state index contributed by atoms with van der Waals surface area (Å²) >= 11 is 0. The van der Waals surface area contributed by atoms with Gasteiger partial charge in [0, 0.05) is 21.3 Å². The Hall–Kier alpha value is 0.0569. The molecule has 0 aliphatic rings. The van der Waals surface area contributed by atoms with Crippen LogP contribution < -0.4 is 6.15 Å². The predicted molar refractivity (Wildman–Crippen MR) is 33.2 cm³/mol. The molecule has 4 nitrogen and oxygen atoms in total. The molecule has 0 rings (SSSR count). The molecule has 0 amide bonds. The Morgan fingerprint density at radius 2 is 1.12 bits per heavy atom. The molecule has 0 aromatic heterocycles. The topological polar surface area (TPSA) is 62.7 Å². The van der Waals surface area contributed by atoms with E-state index in [1.54, 1.807) is 21.3 Å². The third kappa shape index (κ3) is 4.22. The van der Waals surface area contributed by atoms with E-state index in [9.17, 15) is 0 Å². The zero-order valence-electron chi connectivity index (χ0n) is 5.51. The molecule has 0 aliphatic heterocycles. The van der Waals surface area contributed by atoms with E-state index in [4.69, 9.17) is 13.3 Å². The number of hydrogen-bond acceptors (Lipinski definition) is 4. The summed E-state index contributed by atoms with van der Waals surface area (Å²) in [4.78, 5) is 0. The second kappa shape index (κ2) is 7.06. The van der Waals surface area contributed by atoms with Crippen LogP contribution in [-0.2, 0) is 13.3 Å². The fourth-order valence-electron chi connectivity index (χ4n) is 0.289. The van der Waals surface area contributed by atoms with Gasteiger partial charge in [-0.2, -0.15) is 0 Å². The molecule has 0 aromatic carbocycles. The summed E-state index contributed by atoms with van der Waals surface area (Å²) in [7, 11) is 3.05. The first kappa shape index (κ1) is 10.9. The average molecular weight is 139 g/mol. The molecule has 52 valence electrons. The SMILES string of the molecule is CO[SiH](OC)OC.N. The second-order valence-electron chi connectivity index (χ2n) is 0.996. The molecule has 0 atom stereocenters. The van der Waals surface area contributed by atoms with E-state index in [1.807, 2.05) is 0 Å². The van der Waals surface area contributed by atoms with Crippen LogP contribution in [0.4, 0.5) is 0 Å². The van der Waals surface area contributed by atoms with Gasteiger partial charge in [-0.1, -0.05) is 0 Å². The van der Waals surface area contributed by atoms with Crippen molar-refractivity contribution in [1.29, 1.82) is 0 Å². The van der Waals surface area contributed by atoms with Crippen LogP contribution in [0.3, 0.4) is 0 Å². The molecule has 0 spiro atoms. The smallest absolute Gasteiger partial charge is 0.379 e. The highest BCUT2D eigenvalue weighted by Crippen LogP contribution is 1.81. The third-order valence-corrected chi connectivity index (χ3v) is 1.73. The monoisotopic (exact) mass is 139 g/mol. The van der Waals surface area contributed by atoms with Crippen LogP contribution in [0.5, 0.6) is 0 Å². The highest BCUT2D eigenvalue weighted by atomic mass is 28.3. The minimum absolute atomic E-state index is 0. The van der Waals surface area contributed by atoms with Crippen LogP contribution in [0, 0.1) is 0 Å². The minimum atomic E-state index is -1.67. The normalized spacial score (nSPS) is 9.00. The molecular formula is C3H13NO3Si. The van der Waals surface area contributed by atoms with Gasteiger partial charge >= 0.3 is 9.53 Å². The van der Waals surface area contributed by atoms with Crippen molar-refractivity contribution in [3.8, 4) is 0 Å². The fourth-order valence-corrected chi connectivity index (χ4v) is 0.866. The van der Waals surface area contributed by atoms with Crippen LogP contribution in [0.1, 0.15) is 0 Å². The Morgan fingerprint density at radius 3 is 1.12 bits per heavy atom. The van der Waals surface area contributed by atoms with Gasteiger partial charge in [0.1, 0.15) is 0 Å². The van der Waals surface area contributed by atoms with E-state index < -0.39 is 9.53 Å². The van der Waals surface area contributed by atoms with Gasteiger partial charge in [-0.05, 0) is 0 Å². The standard InChI is InChI=1S/C3H10O3Si.H3N/c1-4-7(5-2)6-3;/h7H,1-3H3;1H3. The van der Waals surface area contributed by atoms with Crippen LogP contribution in [0.2, 0.25) is 0 Å². The molecule has 0 heterocycles. The summed E-state index contributed by atoms with van der Waals surface area (Å²) in [5, 5.41) is 0. The Labute approximate surface area is 51.3 Å². The second-order valence-corrected chi connectivity index (χ2v) is 2.99. The van der Waals surface area contributed by atoms with Crippen molar-refractivity contribution in [3.63, 3.8) is 0 Å². The van der Waals surface area contributed by atoms with E-state index in [0.717, 1.165) is 0 Å². The largest absolute Gasteiger partial charge is 0.483 e. The third-order valence-electron chi connectivity index (χ3n) is 0.577. The van der Waals surface area contributed by atoms with Crippen molar-refractivity contribution in [2.45, 2.75) is 0 Å². The van der Waals surface area contributed by atoms with Gasteiger partial charge in [0.05, 0.1) is 0 Å². The molecule has 0 bridgehead atoms. The zero-order valence-corrected chi connectivity index (χ0v) is 6.66. The lowest BCUT2D eigenvalue weighted by Crippen LogP contribution is -2.21. The molecule has 0 saturated carbocycles. The van der Waals surface area contributed by atoms with Gasteiger partial charge in [-0.25, -0.2) is 0 Å². The summed E-state index contributed by atoms with van der Waals surface area (Å²) in [5.41, 5.74) is 0. The van der Waals surface area contributed by atoms with Gasteiger partial charge in [0.25, 0.3) is 0 Å². The van der Waals surface area contributed by atoms with Crippen molar-refractivity contribution in [2.75, 3.05) is 21.3 Å². The molecule has 0 unspecified atom stereocenters. The first-order chi connectivity index (χ1) is 3.35. The van der Waals surface area contributed by atoms with Crippen molar-refractivity contribution in [2.24, 2.45) is 0 Å². The van der Waals surface area contributed by atoms with E-state index in [0.29, 0.717) is 0 Å². The molecular weight excluding hydrogens is 126 g/mol. The highest BCUT2D eigenvalue weighted by Gasteiger charge is 2.04. The Morgan fingerprint density at radius 1 is 0.875 bits per heavy atom. The summed E-state index contributed by atoms with van der Waals surface area (Å²) in [6, 6.07) is 0. The van der Waals surface area contributed by atoms with Gasteiger partial charge in [0.15, 0.2) is 0 Å². The summed E-state index contributed by atoms with van der Waals surface area (Å²) < 4.78 is 14.2. The lowest BCUT2D eigenvalue weighted by Gasteiger charge is -2.05. The van der Waals surface area contributed by atoms with E-state index in [2.05, 4.69) is 0 Å². The van der Waals surface area contributed by atoms with Crippen molar-refractivity contribution in [1.82, 2.24) is 6.15 Å². The van der Waals surface area contributed by atoms with Crippen LogP contribution in [-0.4, -0.2) is 30.9 Å². The van der Waals surface area contributed by atoms with Crippen LogP contribution in [0.25, 0.3) is 0 Å². The molecule has 3 N–H and O–H groups in total. The summed E-state index contributed by atoms with van der Waals surface area (Å²) in [6.45, 7) is 0. The van der Waals surface area contributed by atoms with Crippen molar-refractivity contribution in [3.05, 3.63) is 0 Å². The fraction of sp³-hybridized carbons (Fsp3) is 1.00. The zero-order chi connectivity index (χ0) is 5.70. The van der Waals surface area contributed by atoms with Gasteiger partial charge < -0.3 is 19.4 Å². The summed E-state index contributed by atoms with van der Waals surface area (Å²) in [5.74, 6) is 0. The van der Waals surface area contributed by atoms with Gasteiger partial charge in [0.2, 0.25) is 0 Å². The Balaban J connectivity index is 0. The molecule has 0 radical (unpaired) electrons. The van der Waals surface area contributed by atoms with Crippen molar-refractivity contribution < 1.29 is 13.3 Å². The quantitative estimate of drug-likeness (QED) is 0.550. The number of hydrogen-bond donors (Lipinski definition) is 1.